The molecule has 31 heavy (non-hydrogen) atoms. The van der Waals surface area contributed by atoms with E-state index in [9.17, 15) is 0 Å². The van der Waals surface area contributed by atoms with Crippen LogP contribution in [0.25, 0.3) is 46.1 Å². The summed E-state index contributed by atoms with van der Waals surface area (Å²) < 4.78 is 29.3. The van der Waals surface area contributed by atoms with Gasteiger partial charge in [-0.25, -0.2) is 0 Å². The monoisotopic (exact) mass is 418 g/mol. The molecule has 0 aliphatic rings. The van der Waals surface area contributed by atoms with E-state index in [0.717, 1.165) is 11.5 Å². The second kappa shape index (κ2) is 8.22. The normalized spacial score (nSPS) is 11.4. The van der Waals surface area contributed by atoms with Gasteiger partial charge in [-0.05, 0) is 73.8 Å². The van der Waals surface area contributed by atoms with Gasteiger partial charge in [0, 0.05) is 12.8 Å². The molecule has 5 aromatic heterocycles. The van der Waals surface area contributed by atoms with Gasteiger partial charge < -0.3 is 33.6 Å². The van der Waals surface area contributed by atoms with Crippen molar-refractivity contribution in [2.24, 2.45) is 11.5 Å². The van der Waals surface area contributed by atoms with Gasteiger partial charge in [-0.3, -0.25) is 0 Å². The van der Waals surface area contributed by atoms with E-state index >= 15 is 0 Å². The van der Waals surface area contributed by atoms with Crippen molar-refractivity contribution >= 4 is 0 Å². The zero-order valence-electron chi connectivity index (χ0n) is 16.8. The van der Waals surface area contributed by atoms with Crippen LogP contribution in [0.4, 0.5) is 0 Å². The minimum atomic E-state index is 0.537. The molecule has 0 aromatic carbocycles. The number of hydrogen-bond donors (Lipinski definition) is 2. The Kier molecular flexibility index (Phi) is 5.11. The smallest absolute Gasteiger partial charge is 0.170 e. The van der Waals surface area contributed by atoms with E-state index in [1.807, 2.05) is 60.7 Å². The molecule has 0 saturated heterocycles. The molecule has 5 aromatic rings. The molecule has 0 fully saturated rings. The van der Waals surface area contributed by atoms with Gasteiger partial charge in [-0.2, -0.15) is 0 Å². The first-order chi connectivity index (χ1) is 15.2. The summed E-state index contributed by atoms with van der Waals surface area (Å²) in [7, 11) is 0. The summed E-state index contributed by atoms with van der Waals surface area (Å²) in [5, 5.41) is 0. The predicted octanol–water partition coefficient (Wildman–Crippen LogP) is 5.32. The van der Waals surface area contributed by atoms with Crippen LogP contribution in [0.1, 0.15) is 11.5 Å². The van der Waals surface area contributed by atoms with Gasteiger partial charge in [0.05, 0.1) is 0 Å². The lowest BCUT2D eigenvalue weighted by atomic mass is 10.3. The lowest BCUT2D eigenvalue weighted by molar-refractivity contribution is 0.480. The second-order valence-electron chi connectivity index (χ2n) is 7.10. The second-order valence-corrected chi connectivity index (χ2v) is 7.10. The van der Waals surface area contributed by atoms with Crippen LogP contribution in [0.3, 0.4) is 0 Å². The summed E-state index contributed by atoms with van der Waals surface area (Å²) >= 11 is 0. The van der Waals surface area contributed by atoms with E-state index in [1.165, 1.54) is 0 Å². The van der Waals surface area contributed by atoms with Crippen molar-refractivity contribution in [1.82, 2.24) is 0 Å². The Morgan fingerprint density at radius 2 is 0.645 bits per heavy atom. The van der Waals surface area contributed by atoms with Crippen LogP contribution >= 0.6 is 0 Å². The van der Waals surface area contributed by atoms with Crippen LogP contribution in [0.5, 0.6) is 0 Å². The van der Waals surface area contributed by atoms with Crippen LogP contribution in [0.2, 0.25) is 0 Å². The Morgan fingerprint density at radius 1 is 0.387 bits per heavy atom. The van der Waals surface area contributed by atoms with Crippen LogP contribution in [0.15, 0.2) is 82.7 Å². The Balaban J connectivity index is 1.34. The van der Waals surface area contributed by atoms with Crippen molar-refractivity contribution in [2.45, 2.75) is 12.8 Å². The van der Waals surface area contributed by atoms with Crippen molar-refractivity contribution < 1.29 is 22.1 Å². The van der Waals surface area contributed by atoms with Crippen molar-refractivity contribution in [3.63, 3.8) is 0 Å². The largest absolute Gasteiger partial charge is 0.458 e. The van der Waals surface area contributed by atoms with Crippen LogP contribution in [0, 0.1) is 0 Å². The zero-order chi connectivity index (χ0) is 21.2. The number of furan rings is 5. The molecule has 4 N–H and O–H groups in total. The lowest BCUT2D eigenvalue weighted by Crippen LogP contribution is -2.01. The van der Waals surface area contributed by atoms with Crippen LogP contribution in [-0.4, -0.2) is 13.1 Å². The molecule has 0 spiro atoms. The highest BCUT2D eigenvalue weighted by atomic mass is 16.4. The third-order valence-electron chi connectivity index (χ3n) is 4.89. The van der Waals surface area contributed by atoms with E-state index in [0.29, 0.717) is 72.0 Å². The Morgan fingerprint density at radius 3 is 0.935 bits per heavy atom. The van der Waals surface area contributed by atoms with Gasteiger partial charge in [0.1, 0.15) is 11.5 Å². The maximum atomic E-state index is 5.96. The zero-order valence-corrected chi connectivity index (χ0v) is 16.8. The SMILES string of the molecule is NCCc1ccc(-c2ccc(-c3ccc(-c4ccc(-c5ccc(CCN)o5)o4)o3)o2)o1. The number of rotatable bonds is 8. The van der Waals surface area contributed by atoms with Crippen molar-refractivity contribution in [2.75, 3.05) is 13.1 Å². The highest BCUT2D eigenvalue weighted by Crippen LogP contribution is 2.35. The molecule has 0 atom stereocenters. The Labute approximate surface area is 178 Å². The summed E-state index contributed by atoms with van der Waals surface area (Å²) in [4.78, 5) is 0. The van der Waals surface area contributed by atoms with E-state index < -0.39 is 0 Å². The van der Waals surface area contributed by atoms with Gasteiger partial charge in [0.15, 0.2) is 46.1 Å². The number of nitrogens with two attached hydrogens (primary N) is 2. The van der Waals surface area contributed by atoms with Crippen molar-refractivity contribution in [1.29, 1.82) is 0 Å². The molecule has 158 valence electrons. The predicted molar refractivity (Wildman–Crippen MR) is 115 cm³/mol. The minimum absolute atomic E-state index is 0.537. The molecule has 5 rings (SSSR count). The molecular formula is C24H22N2O5. The first kappa shape index (κ1) is 19.3. The molecule has 0 radical (unpaired) electrons. The number of hydrogen-bond acceptors (Lipinski definition) is 7. The molecule has 0 bridgehead atoms. The Bertz CT molecular complexity index is 1190. The molecule has 0 saturated carbocycles. The fourth-order valence-corrected chi connectivity index (χ4v) is 3.38. The van der Waals surface area contributed by atoms with E-state index in [1.54, 1.807) is 0 Å². The van der Waals surface area contributed by atoms with E-state index in [2.05, 4.69) is 0 Å². The maximum Gasteiger partial charge on any atom is 0.170 e. The summed E-state index contributed by atoms with van der Waals surface area (Å²) in [6.07, 6.45) is 1.37. The fraction of sp³-hybridized carbons (Fsp3) is 0.167. The Hall–Kier alpha value is -3.68. The quantitative estimate of drug-likeness (QED) is 0.350. The topological polar surface area (TPSA) is 118 Å². The molecule has 5 heterocycles. The maximum absolute atomic E-state index is 5.96. The molecule has 0 amide bonds. The summed E-state index contributed by atoms with van der Waals surface area (Å²) in [5.74, 6) is 6.61. The van der Waals surface area contributed by atoms with E-state index in [4.69, 9.17) is 33.6 Å². The van der Waals surface area contributed by atoms with Gasteiger partial charge in [0.25, 0.3) is 0 Å². The van der Waals surface area contributed by atoms with Crippen LogP contribution < -0.4 is 11.5 Å². The van der Waals surface area contributed by atoms with Crippen molar-refractivity contribution in [3.05, 3.63) is 72.2 Å². The summed E-state index contributed by atoms with van der Waals surface area (Å²) in [6.45, 7) is 1.07. The fourth-order valence-electron chi connectivity index (χ4n) is 3.38. The molecule has 7 heteroatoms. The van der Waals surface area contributed by atoms with Gasteiger partial charge >= 0.3 is 0 Å². The highest BCUT2D eigenvalue weighted by molar-refractivity contribution is 5.63. The molecular weight excluding hydrogens is 396 g/mol. The lowest BCUT2D eigenvalue weighted by Gasteiger charge is -1.95. The first-order valence-corrected chi connectivity index (χ1v) is 10.1. The average molecular weight is 418 g/mol. The summed E-state index contributed by atoms with van der Waals surface area (Å²) in [6, 6.07) is 18.6. The molecule has 0 aliphatic heterocycles. The third kappa shape index (κ3) is 3.88. The third-order valence-corrected chi connectivity index (χ3v) is 4.89. The van der Waals surface area contributed by atoms with E-state index in [-0.39, 0.29) is 0 Å². The molecule has 0 aliphatic carbocycles. The standard InChI is InChI=1S/C24H22N2O5/c25-13-11-15-1-3-17(27-15)19-5-7-21(29-19)23-9-10-24(31-23)22-8-6-20(30-22)18-4-2-16(28-18)12-14-26/h1-10H,11-14,25-26H2. The minimum Gasteiger partial charge on any atom is -0.458 e. The molecule has 0 unspecified atom stereocenters. The van der Waals surface area contributed by atoms with Gasteiger partial charge in [-0.1, -0.05) is 0 Å². The van der Waals surface area contributed by atoms with Gasteiger partial charge in [-0.15, -0.1) is 0 Å². The van der Waals surface area contributed by atoms with Crippen molar-refractivity contribution in [3.8, 4) is 46.1 Å². The molecule has 7 nitrogen and oxygen atoms in total. The highest BCUT2D eigenvalue weighted by Gasteiger charge is 2.16. The first-order valence-electron chi connectivity index (χ1n) is 10.1. The summed E-state index contributed by atoms with van der Waals surface area (Å²) in [5.41, 5.74) is 11.1. The van der Waals surface area contributed by atoms with Crippen LogP contribution in [-0.2, 0) is 12.8 Å². The van der Waals surface area contributed by atoms with Gasteiger partial charge in [0.2, 0.25) is 0 Å². The average Bonchev–Trinajstić information content (AvgIpc) is 3.58.